The number of rotatable bonds is 1. The van der Waals surface area contributed by atoms with Crippen LogP contribution in [0.5, 0.6) is 0 Å². The van der Waals surface area contributed by atoms with E-state index in [1.807, 2.05) is 0 Å². The van der Waals surface area contributed by atoms with Gasteiger partial charge < -0.3 is 0 Å². The van der Waals surface area contributed by atoms with Crippen molar-refractivity contribution in [3.63, 3.8) is 0 Å². The lowest BCUT2D eigenvalue weighted by Gasteiger charge is -2.03. The summed E-state index contributed by atoms with van der Waals surface area (Å²) in [5, 5.41) is -1.11. The van der Waals surface area contributed by atoms with Crippen molar-refractivity contribution in [2.24, 2.45) is 0 Å². The molecule has 0 aliphatic heterocycles. The molecule has 0 amide bonds. The highest BCUT2D eigenvalue weighted by atomic mass is 35.5. The molecule has 0 N–H and O–H groups in total. The van der Waals surface area contributed by atoms with Gasteiger partial charge in [-0.1, -0.05) is 41.9 Å². The minimum Gasteiger partial charge on any atom is -0.165 e. The van der Waals surface area contributed by atoms with Gasteiger partial charge in [0.25, 0.3) is 0 Å². The fourth-order valence-corrected chi connectivity index (χ4v) is 0.903. The molecule has 0 aromatic heterocycles. The Morgan fingerprint density at radius 3 is 2.15 bits per heavy atom. The van der Waals surface area contributed by atoms with Gasteiger partial charge in [0, 0.05) is 0 Å². The first-order valence-corrected chi connectivity index (χ1v) is 3.87. The van der Waals surface area contributed by atoms with E-state index in [0.717, 1.165) is 6.08 Å². The lowest BCUT2D eigenvalue weighted by atomic mass is 10.2. The van der Waals surface area contributed by atoms with Gasteiger partial charge in [0.15, 0.2) is 0 Å². The van der Waals surface area contributed by atoms with Crippen molar-refractivity contribution in [2.45, 2.75) is 6.18 Å². The van der Waals surface area contributed by atoms with Crippen LogP contribution >= 0.6 is 11.6 Å². The van der Waals surface area contributed by atoms with E-state index in [9.17, 15) is 13.2 Å². The second-order valence-electron chi connectivity index (χ2n) is 2.40. The highest BCUT2D eigenvalue weighted by Crippen LogP contribution is 2.30. The minimum atomic E-state index is -4.46. The van der Waals surface area contributed by atoms with Crippen LogP contribution in [0, 0.1) is 0 Å². The zero-order valence-corrected chi connectivity index (χ0v) is 7.23. The SMILES string of the molecule is FC(F)(F)/C(Cl)=C/c1ccccc1. The van der Waals surface area contributed by atoms with Crippen molar-refractivity contribution in [1.82, 2.24) is 0 Å². The van der Waals surface area contributed by atoms with Gasteiger partial charge >= 0.3 is 6.18 Å². The van der Waals surface area contributed by atoms with E-state index in [1.165, 1.54) is 0 Å². The Balaban J connectivity index is 2.90. The predicted octanol–water partition coefficient (Wildman–Crippen LogP) is 3.83. The van der Waals surface area contributed by atoms with Crippen LogP contribution in [0.2, 0.25) is 0 Å². The van der Waals surface area contributed by atoms with E-state index >= 15 is 0 Å². The van der Waals surface area contributed by atoms with E-state index in [2.05, 4.69) is 0 Å². The van der Waals surface area contributed by atoms with Gasteiger partial charge in [-0.2, -0.15) is 13.2 Å². The second kappa shape index (κ2) is 3.83. The van der Waals surface area contributed by atoms with Crippen LogP contribution in [0.4, 0.5) is 13.2 Å². The summed E-state index contributed by atoms with van der Waals surface area (Å²) in [6.45, 7) is 0. The van der Waals surface area contributed by atoms with Crippen LogP contribution in [0.25, 0.3) is 6.08 Å². The monoisotopic (exact) mass is 206 g/mol. The van der Waals surface area contributed by atoms with Crippen molar-refractivity contribution < 1.29 is 13.2 Å². The third kappa shape index (κ3) is 3.11. The number of benzene rings is 1. The fraction of sp³-hybridized carbons (Fsp3) is 0.111. The summed E-state index contributed by atoms with van der Waals surface area (Å²) >= 11 is 5.03. The van der Waals surface area contributed by atoms with Crippen LogP contribution in [-0.2, 0) is 0 Å². The van der Waals surface area contributed by atoms with Crippen molar-refractivity contribution in [1.29, 1.82) is 0 Å². The summed E-state index contributed by atoms with van der Waals surface area (Å²) in [4.78, 5) is 0. The third-order valence-corrected chi connectivity index (χ3v) is 1.69. The Labute approximate surface area is 78.6 Å². The summed E-state index contributed by atoms with van der Waals surface area (Å²) in [5.74, 6) is 0. The molecular weight excluding hydrogens is 201 g/mol. The fourth-order valence-electron chi connectivity index (χ4n) is 0.777. The van der Waals surface area contributed by atoms with Gasteiger partial charge in [-0.15, -0.1) is 0 Å². The van der Waals surface area contributed by atoms with Crippen molar-refractivity contribution in [3.05, 3.63) is 40.9 Å². The van der Waals surface area contributed by atoms with Crippen LogP contribution in [0.1, 0.15) is 5.56 Å². The molecule has 0 atom stereocenters. The van der Waals surface area contributed by atoms with E-state index in [4.69, 9.17) is 11.6 Å². The average molecular weight is 207 g/mol. The average Bonchev–Trinajstić information content (AvgIpc) is 2.04. The molecule has 1 aromatic rings. The summed E-state index contributed by atoms with van der Waals surface area (Å²) in [6.07, 6.45) is -3.57. The lowest BCUT2D eigenvalue weighted by Crippen LogP contribution is -2.06. The normalized spacial score (nSPS) is 13.1. The Kier molecular flexibility index (Phi) is 2.98. The molecule has 4 heteroatoms. The molecule has 0 saturated carbocycles. The number of allylic oxidation sites excluding steroid dienone is 1. The third-order valence-electron chi connectivity index (χ3n) is 1.36. The van der Waals surface area contributed by atoms with E-state index in [0.29, 0.717) is 5.56 Å². The molecule has 0 aliphatic rings. The van der Waals surface area contributed by atoms with Gasteiger partial charge in [0.1, 0.15) is 5.03 Å². The molecule has 0 heterocycles. The molecule has 0 radical (unpaired) electrons. The first-order chi connectivity index (χ1) is 6.00. The summed E-state index contributed by atoms with van der Waals surface area (Å²) in [6, 6.07) is 8.11. The van der Waals surface area contributed by atoms with Gasteiger partial charge in [-0.05, 0) is 11.6 Å². The molecule has 1 rings (SSSR count). The Hall–Kier alpha value is -0.960. The number of hydrogen-bond donors (Lipinski definition) is 0. The quantitative estimate of drug-likeness (QED) is 0.655. The van der Waals surface area contributed by atoms with Gasteiger partial charge in [0.2, 0.25) is 0 Å². The predicted molar refractivity (Wildman–Crippen MR) is 46.3 cm³/mol. The molecule has 0 spiro atoms. The van der Waals surface area contributed by atoms with Crippen LogP contribution in [0.15, 0.2) is 35.4 Å². The van der Waals surface area contributed by atoms with E-state index < -0.39 is 11.2 Å². The minimum absolute atomic E-state index is 0.435. The lowest BCUT2D eigenvalue weighted by molar-refractivity contribution is -0.0836. The second-order valence-corrected chi connectivity index (χ2v) is 2.81. The summed E-state index contributed by atoms with van der Waals surface area (Å²) < 4.78 is 35.8. The van der Waals surface area contributed by atoms with Gasteiger partial charge in [-0.25, -0.2) is 0 Å². The molecule has 0 unspecified atom stereocenters. The van der Waals surface area contributed by atoms with Crippen molar-refractivity contribution in [3.8, 4) is 0 Å². The van der Waals surface area contributed by atoms with Gasteiger partial charge in [0.05, 0.1) is 0 Å². The number of hydrogen-bond acceptors (Lipinski definition) is 0. The van der Waals surface area contributed by atoms with Gasteiger partial charge in [-0.3, -0.25) is 0 Å². The maximum absolute atomic E-state index is 11.9. The smallest absolute Gasteiger partial charge is 0.165 e. The zero-order chi connectivity index (χ0) is 9.90. The molecule has 0 aliphatic carbocycles. The summed E-state index contributed by atoms with van der Waals surface area (Å²) in [5.41, 5.74) is 0.435. The molecule has 13 heavy (non-hydrogen) atoms. The molecule has 1 aromatic carbocycles. The van der Waals surface area contributed by atoms with Crippen molar-refractivity contribution >= 4 is 17.7 Å². The van der Waals surface area contributed by atoms with Crippen LogP contribution < -0.4 is 0 Å². The zero-order valence-electron chi connectivity index (χ0n) is 6.48. The molecule has 0 nitrogen and oxygen atoms in total. The highest BCUT2D eigenvalue weighted by molar-refractivity contribution is 6.32. The first-order valence-electron chi connectivity index (χ1n) is 3.49. The number of alkyl halides is 3. The largest absolute Gasteiger partial charge is 0.426 e. The standard InChI is InChI=1S/C9H6ClF3/c10-8(9(11,12)13)6-7-4-2-1-3-5-7/h1-6H/b8-6-. The van der Waals surface area contributed by atoms with Crippen molar-refractivity contribution in [2.75, 3.05) is 0 Å². The molecular formula is C9H6ClF3. The summed E-state index contributed by atoms with van der Waals surface area (Å²) in [7, 11) is 0. The number of halogens is 4. The highest BCUT2D eigenvalue weighted by Gasteiger charge is 2.32. The Morgan fingerprint density at radius 1 is 1.15 bits per heavy atom. The maximum Gasteiger partial charge on any atom is 0.426 e. The Morgan fingerprint density at radius 2 is 1.69 bits per heavy atom. The van der Waals surface area contributed by atoms with E-state index in [1.54, 1.807) is 30.3 Å². The molecule has 0 saturated heterocycles. The van der Waals surface area contributed by atoms with Crippen LogP contribution in [-0.4, -0.2) is 6.18 Å². The molecule has 0 bridgehead atoms. The van der Waals surface area contributed by atoms with E-state index in [-0.39, 0.29) is 0 Å². The van der Waals surface area contributed by atoms with Crippen LogP contribution in [0.3, 0.4) is 0 Å². The first kappa shape index (κ1) is 10.1. The molecule has 70 valence electrons. The molecule has 0 fully saturated rings. The Bertz CT molecular complexity index is 300. The maximum atomic E-state index is 11.9. The topological polar surface area (TPSA) is 0 Å².